The first-order valence-corrected chi connectivity index (χ1v) is 6.50. The Hall–Kier alpha value is -2.55. The zero-order valence-electron chi connectivity index (χ0n) is 11.2. The van der Waals surface area contributed by atoms with E-state index in [1.165, 1.54) is 0 Å². The third kappa shape index (κ3) is 2.30. The van der Waals surface area contributed by atoms with E-state index in [0.29, 0.717) is 6.42 Å². The van der Waals surface area contributed by atoms with Gasteiger partial charge in [0, 0.05) is 29.1 Å². The molecule has 3 nitrogen and oxygen atoms in total. The minimum atomic E-state index is 0.107. The van der Waals surface area contributed by atoms with Crippen molar-refractivity contribution in [2.75, 3.05) is 7.11 Å². The van der Waals surface area contributed by atoms with Crippen LogP contribution < -0.4 is 4.74 Å². The molecule has 1 aromatic heterocycles. The third-order valence-corrected chi connectivity index (χ3v) is 3.39. The number of rotatable bonds is 4. The van der Waals surface area contributed by atoms with E-state index in [9.17, 15) is 4.79 Å². The standard InChI is InChI=1S/C17H15NO2/c1-20-13-6-4-5-12(9-13)10-17(19)15-11-18-16-8-3-2-7-14(15)16/h2-9,11,18H,10H2,1H3. The maximum absolute atomic E-state index is 12.4. The second-order valence-electron chi connectivity index (χ2n) is 4.70. The highest BCUT2D eigenvalue weighted by Crippen LogP contribution is 2.20. The number of benzene rings is 2. The first kappa shape index (κ1) is 12.5. The Morgan fingerprint density at radius 3 is 2.85 bits per heavy atom. The molecule has 20 heavy (non-hydrogen) atoms. The number of aromatic amines is 1. The van der Waals surface area contributed by atoms with Crippen molar-refractivity contribution in [3.63, 3.8) is 0 Å². The van der Waals surface area contributed by atoms with Crippen molar-refractivity contribution in [2.45, 2.75) is 6.42 Å². The number of para-hydroxylation sites is 1. The smallest absolute Gasteiger partial charge is 0.169 e. The van der Waals surface area contributed by atoms with E-state index in [4.69, 9.17) is 4.74 Å². The molecule has 0 aliphatic heterocycles. The summed E-state index contributed by atoms with van der Waals surface area (Å²) in [5.74, 6) is 0.880. The number of carbonyl (C=O) groups excluding carboxylic acids is 1. The SMILES string of the molecule is COc1cccc(CC(=O)c2c[nH]c3ccccc23)c1. The first-order chi connectivity index (χ1) is 9.78. The molecule has 2 aromatic carbocycles. The number of ether oxygens (including phenoxy) is 1. The zero-order valence-corrected chi connectivity index (χ0v) is 11.2. The van der Waals surface area contributed by atoms with Gasteiger partial charge in [-0.15, -0.1) is 0 Å². The number of aromatic nitrogens is 1. The minimum Gasteiger partial charge on any atom is -0.497 e. The Balaban J connectivity index is 1.89. The van der Waals surface area contributed by atoms with Crippen LogP contribution in [0.5, 0.6) is 5.75 Å². The van der Waals surface area contributed by atoms with Gasteiger partial charge in [-0.2, -0.15) is 0 Å². The predicted molar refractivity (Wildman–Crippen MR) is 79.3 cm³/mol. The van der Waals surface area contributed by atoms with Gasteiger partial charge >= 0.3 is 0 Å². The number of hydrogen-bond acceptors (Lipinski definition) is 2. The van der Waals surface area contributed by atoms with Crippen molar-refractivity contribution in [3.05, 3.63) is 65.9 Å². The largest absolute Gasteiger partial charge is 0.497 e. The van der Waals surface area contributed by atoms with Crippen molar-refractivity contribution >= 4 is 16.7 Å². The van der Waals surface area contributed by atoms with Crippen LogP contribution in [0.25, 0.3) is 10.9 Å². The molecule has 1 N–H and O–H groups in total. The molecular formula is C17H15NO2. The maximum Gasteiger partial charge on any atom is 0.169 e. The Bertz CT molecular complexity index is 758. The van der Waals surface area contributed by atoms with Gasteiger partial charge in [-0.05, 0) is 23.8 Å². The number of fused-ring (bicyclic) bond motifs is 1. The fourth-order valence-electron chi connectivity index (χ4n) is 2.37. The van der Waals surface area contributed by atoms with Crippen molar-refractivity contribution in [1.82, 2.24) is 4.98 Å². The monoisotopic (exact) mass is 265 g/mol. The molecule has 3 rings (SSSR count). The number of H-pyrrole nitrogens is 1. The molecule has 0 aliphatic rings. The number of carbonyl (C=O) groups is 1. The highest BCUT2D eigenvalue weighted by molar-refractivity contribution is 6.08. The van der Waals surface area contributed by atoms with Crippen LogP contribution >= 0.6 is 0 Å². The quantitative estimate of drug-likeness (QED) is 0.732. The Morgan fingerprint density at radius 1 is 1.15 bits per heavy atom. The van der Waals surface area contributed by atoms with Gasteiger partial charge < -0.3 is 9.72 Å². The second kappa shape index (κ2) is 5.21. The molecule has 3 heteroatoms. The molecule has 0 fully saturated rings. The zero-order chi connectivity index (χ0) is 13.9. The topological polar surface area (TPSA) is 42.1 Å². The van der Waals surface area contributed by atoms with Gasteiger partial charge in [0.05, 0.1) is 7.11 Å². The summed E-state index contributed by atoms with van der Waals surface area (Å²) >= 11 is 0. The van der Waals surface area contributed by atoms with Crippen molar-refractivity contribution in [2.24, 2.45) is 0 Å². The predicted octanol–water partition coefficient (Wildman–Crippen LogP) is 3.60. The first-order valence-electron chi connectivity index (χ1n) is 6.50. The van der Waals surface area contributed by atoms with E-state index in [-0.39, 0.29) is 5.78 Å². The Labute approximate surface area is 117 Å². The molecule has 3 aromatic rings. The van der Waals surface area contributed by atoms with E-state index in [0.717, 1.165) is 27.8 Å². The number of hydrogen-bond donors (Lipinski definition) is 1. The summed E-state index contributed by atoms with van der Waals surface area (Å²) in [4.78, 5) is 15.6. The summed E-state index contributed by atoms with van der Waals surface area (Å²) in [6.45, 7) is 0. The third-order valence-electron chi connectivity index (χ3n) is 3.39. The molecule has 0 atom stereocenters. The van der Waals surface area contributed by atoms with Crippen LogP contribution in [0.2, 0.25) is 0 Å². The lowest BCUT2D eigenvalue weighted by atomic mass is 10.0. The van der Waals surface area contributed by atoms with E-state index >= 15 is 0 Å². The van der Waals surface area contributed by atoms with Gasteiger partial charge in [-0.25, -0.2) is 0 Å². The molecule has 0 spiro atoms. The summed E-state index contributed by atoms with van der Waals surface area (Å²) in [5.41, 5.74) is 2.68. The van der Waals surface area contributed by atoms with Crippen LogP contribution in [0.4, 0.5) is 0 Å². The number of methoxy groups -OCH3 is 1. The van der Waals surface area contributed by atoms with Crippen LogP contribution in [-0.2, 0) is 6.42 Å². The van der Waals surface area contributed by atoms with Crippen LogP contribution in [0.15, 0.2) is 54.7 Å². The molecule has 0 saturated carbocycles. The molecular weight excluding hydrogens is 250 g/mol. The summed E-state index contributed by atoms with van der Waals surface area (Å²) in [5, 5.41) is 0.973. The van der Waals surface area contributed by atoms with Crippen LogP contribution in [0.3, 0.4) is 0 Å². The highest BCUT2D eigenvalue weighted by atomic mass is 16.5. The number of ketones is 1. The molecule has 0 amide bonds. The molecule has 100 valence electrons. The molecule has 0 aliphatic carbocycles. The lowest BCUT2D eigenvalue weighted by Gasteiger charge is -2.03. The summed E-state index contributed by atoms with van der Waals surface area (Å²) < 4.78 is 5.18. The molecule has 0 unspecified atom stereocenters. The van der Waals surface area contributed by atoms with E-state index < -0.39 is 0 Å². The number of Topliss-reactive ketones (excluding diaryl/α,β-unsaturated/α-hetero) is 1. The lowest BCUT2D eigenvalue weighted by molar-refractivity contribution is 0.0994. The summed E-state index contributed by atoms with van der Waals surface area (Å²) in [6, 6.07) is 15.4. The van der Waals surface area contributed by atoms with Gasteiger partial charge in [0.25, 0.3) is 0 Å². The molecule has 1 heterocycles. The minimum absolute atomic E-state index is 0.107. The summed E-state index contributed by atoms with van der Waals surface area (Å²) in [6.07, 6.45) is 2.16. The Kier molecular flexibility index (Phi) is 3.25. The maximum atomic E-state index is 12.4. The normalized spacial score (nSPS) is 10.7. The van der Waals surface area contributed by atoms with E-state index in [2.05, 4.69) is 4.98 Å². The van der Waals surface area contributed by atoms with Gasteiger partial charge in [0.2, 0.25) is 0 Å². The molecule has 0 radical (unpaired) electrons. The Morgan fingerprint density at radius 2 is 2.00 bits per heavy atom. The van der Waals surface area contributed by atoms with Gasteiger partial charge in [0.15, 0.2) is 5.78 Å². The second-order valence-corrected chi connectivity index (χ2v) is 4.70. The van der Waals surface area contributed by atoms with Crippen LogP contribution in [0.1, 0.15) is 15.9 Å². The average molecular weight is 265 g/mol. The van der Waals surface area contributed by atoms with Crippen molar-refractivity contribution in [3.8, 4) is 5.75 Å². The van der Waals surface area contributed by atoms with E-state index in [1.54, 1.807) is 13.3 Å². The van der Waals surface area contributed by atoms with Gasteiger partial charge in [-0.1, -0.05) is 30.3 Å². The van der Waals surface area contributed by atoms with Gasteiger partial charge in [-0.3, -0.25) is 4.79 Å². The highest BCUT2D eigenvalue weighted by Gasteiger charge is 2.12. The van der Waals surface area contributed by atoms with Crippen LogP contribution in [0, 0.1) is 0 Å². The van der Waals surface area contributed by atoms with Crippen LogP contribution in [-0.4, -0.2) is 17.9 Å². The van der Waals surface area contributed by atoms with E-state index in [1.807, 2.05) is 48.5 Å². The molecule has 0 bridgehead atoms. The van der Waals surface area contributed by atoms with Crippen molar-refractivity contribution in [1.29, 1.82) is 0 Å². The molecule has 0 saturated heterocycles. The average Bonchev–Trinajstić information content (AvgIpc) is 2.91. The van der Waals surface area contributed by atoms with Gasteiger partial charge in [0.1, 0.15) is 5.75 Å². The number of nitrogens with one attached hydrogen (secondary N) is 1. The fourth-order valence-corrected chi connectivity index (χ4v) is 2.37. The lowest BCUT2D eigenvalue weighted by Crippen LogP contribution is -2.02. The fraction of sp³-hybridized carbons (Fsp3) is 0.118. The van der Waals surface area contributed by atoms with Crippen molar-refractivity contribution < 1.29 is 9.53 Å². The summed E-state index contributed by atoms with van der Waals surface area (Å²) in [7, 11) is 1.63.